The molecule has 1 aromatic heterocycles. The molecular formula is C14H17ClN4. The summed E-state index contributed by atoms with van der Waals surface area (Å²) in [5, 5.41) is 4.02. The smallest absolute Gasteiger partial charge is 0.134 e. The highest BCUT2D eigenvalue weighted by Crippen LogP contribution is 2.20. The number of hydrogen-bond acceptors (Lipinski definition) is 4. The lowest BCUT2D eigenvalue weighted by atomic mass is 10.1. The fraction of sp³-hybridized carbons (Fsp3) is 0.286. The Morgan fingerprint density at radius 3 is 2.89 bits per heavy atom. The topological polar surface area (TPSA) is 63.8 Å². The maximum Gasteiger partial charge on any atom is 0.134 e. The minimum atomic E-state index is 0.547. The first-order chi connectivity index (χ1) is 9.20. The Bertz CT molecular complexity index is 557. The minimum absolute atomic E-state index is 0.547. The van der Waals surface area contributed by atoms with Gasteiger partial charge in [-0.15, -0.1) is 0 Å². The maximum atomic E-state index is 5.96. The number of rotatable bonds is 5. The van der Waals surface area contributed by atoms with Gasteiger partial charge in [0, 0.05) is 17.1 Å². The monoisotopic (exact) mass is 276 g/mol. The predicted octanol–water partition coefficient (Wildman–Crippen LogP) is 3.28. The van der Waals surface area contributed by atoms with Crippen molar-refractivity contribution in [1.29, 1.82) is 0 Å². The molecule has 0 aliphatic heterocycles. The van der Waals surface area contributed by atoms with Crippen LogP contribution in [0.2, 0.25) is 5.02 Å². The van der Waals surface area contributed by atoms with E-state index >= 15 is 0 Å². The third kappa shape index (κ3) is 3.58. The van der Waals surface area contributed by atoms with Crippen LogP contribution in [0.25, 0.3) is 0 Å². The predicted molar refractivity (Wildman–Crippen MR) is 79.2 cm³/mol. The molecule has 0 saturated heterocycles. The van der Waals surface area contributed by atoms with Gasteiger partial charge in [-0.25, -0.2) is 9.97 Å². The summed E-state index contributed by atoms with van der Waals surface area (Å²) in [6.07, 6.45) is 3.35. The van der Waals surface area contributed by atoms with E-state index in [2.05, 4.69) is 22.2 Å². The second-order valence-electron chi connectivity index (χ2n) is 4.32. The van der Waals surface area contributed by atoms with E-state index in [1.807, 2.05) is 24.3 Å². The van der Waals surface area contributed by atoms with Gasteiger partial charge in [0.05, 0.1) is 0 Å². The van der Waals surface area contributed by atoms with Crippen LogP contribution in [0.3, 0.4) is 0 Å². The van der Waals surface area contributed by atoms with Gasteiger partial charge < -0.3 is 11.1 Å². The molecule has 0 radical (unpaired) electrons. The molecule has 0 atom stereocenters. The summed E-state index contributed by atoms with van der Waals surface area (Å²) in [6.45, 7) is 2.76. The van der Waals surface area contributed by atoms with Crippen molar-refractivity contribution in [3.05, 3.63) is 46.7 Å². The first kappa shape index (κ1) is 13.6. The molecule has 0 aliphatic carbocycles. The van der Waals surface area contributed by atoms with E-state index in [0.29, 0.717) is 12.4 Å². The summed E-state index contributed by atoms with van der Waals surface area (Å²) >= 11 is 5.96. The first-order valence-electron chi connectivity index (χ1n) is 6.28. The quantitative estimate of drug-likeness (QED) is 0.880. The summed E-state index contributed by atoms with van der Waals surface area (Å²) in [5.74, 6) is 1.35. The Morgan fingerprint density at radius 2 is 2.16 bits per heavy atom. The van der Waals surface area contributed by atoms with Crippen LogP contribution >= 0.6 is 11.6 Å². The van der Waals surface area contributed by atoms with E-state index in [1.165, 1.54) is 6.33 Å². The second-order valence-corrected chi connectivity index (χ2v) is 4.76. The normalized spacial score (nSPS) is 10.4. The van der Waals surface area contributed by atoms with Gasteiger partial charge in [0.15, 0.2) is 0 Å². The molecule has 0 amide bonds. The molecular weight excluding hydrogens is 260 g/mol. The Balaban J connectivity index is 2.13. The molecule has 0 aliphatic rings. The SMILES string of the molecule is CCCc1c(N)ncnc1NCc1cccc(Cl)c1. The lowest BCUT2D eigenvalue weighted by molar-refractivity contribution is 0.901. The minimum Gasteiger partial charge on any atom is -0.383 e. The van der Waals surface area contributed by atoms with E-state index in [9.17, 15) is 0 Å². The summed E-state index contributed by atoms with van der Waals surface area (Å²) in [7, 11) is 0. The third-order valence-corrected chi connectivity index (χ3v) is 3.06. The van der Waals surface area contributed by atoms with E-state index in [-0.39, 0.29) is 0 Å². The molecule has 19 heavy (non-hydrogen) atoms. The Morgan fingerprint density at radius 1 is 1.32 bits per heavy atom. The lowest BCUT2D eigenvalue weighted by Gasteiger charge is -2.12. The number of nitrogens with two attached hydrogens (primary N) is 1. The van der Waals surface area contributed by atoms with Crippen molar-refractivity contribution in [1.82, 2.24) is 9.97 Å². The van der Waals surface area contributed by atoms with Crippen molar-refractivity contribution in [3.8, 4) is 0 Å². The number of nitrogens with one attached hydrogen (secondary N) is 1. The van der Waals surface area contributed by atoms with Crippen LogP contribution in [0.1, 0.15) is 24.5 Å². The zero-order valence-electron chi connectivity index (χ0n) is 10.9. The van der Waals surface area contributed by atoms with Crippen molar-refractivity contribution in [2.75, 3.05) is 11.1 Å². The van der Waals surface area contributed by atoms with Gasteiger partial charge in [0.25, 0.3) is 0 Å². The zero-order chi connectivity index (χ0) is 13.7. The molecule has 0 spiro atoms. The number of benzene rings is 1. The van der Waals surface area contributed by atoms with Crippen LogP contribution in [0.5, 0.6) is 0 Å². The van der Waals surface area contributed by atoms with Gasteiger partial charge in [-0.3, -0.25) is 0 Å². The van der Waals surface area contributed by atoms with Crippen molar-refractivity contribution in [3.63, 3.8) is 0 Å². The summed E-state index contributed by atoms with van der Waals surface area (Å²) < 4.78 is 0. The molecule has 2 aromatic rings. The van der Waals surface area contributed by atoms with Crippen LogP contribution in [0, 0.1) is 0 Å². The highest BCUT2D eigenvalue weighted by atomic mass is 35.5. The third-order valence-electron chi connectivity index (χ3n) is 2.83. The molecule has 0 fully saturated rings. The standard InChI is InChI=1S/C14H17ClN4/c1-2-4-12-13(16)18-9-19-14(12)17-8-10-5-3-6-11(15)7-10/h3,5-7,9H,2,4,8H2,1H3,(H3,16,17,18,19). The molecule has 5 heteroatoms. The van der Waals surface area contributed by atoms with Crippen LogP contribution in [-0.2, 0) is 13.0 Å². The maximum absolute atomic E-state index is 5.96. The van der Waals surface area contributed by atoms with Crippen LogP contribution in [0.15, 0.2) is 30.6 Å². The average molecular weight is 277 g/mol. The van der Waals surface area contributed by atoms with Gasteiger partial charge in [-0.2, -0.15) is 0 Å². The van der Waals surface area contributed by atoms with Crippen LogP contribution in [-0.4, -0.2) is 9.97 Å². The molecule has 0 saturated carbocycles. The number of halogens is 1. The van der Waals surface area contributed by atoms with Gasteiger partial charge in [-0.05, 0) is 24.1 Å². The zero-order valence-corrected chi connectivity index (χ0v) is 11.6. The molecule has 4 nitrogen and oxygen atoms in total. The molecule has 0 unspecified atom stereocenters. The van der Waals surface area contributed by atoms with E-state index in [4.69, 9.17) is 17.3 Å². The first-order valence-corrected chi connectivity index (χ1v) is 6.66. The van der Waals surface area contributed by atoms with Crippen LogP contribution in [0.4, 0.5) is 11.6 Å². The summed E-state index contributed by atoms with van der Waals surface area (Å²) in [5.41, 5.74) is 7.97. The highest BCUT2D eigenvalue weighted by Gasteiger charge is 2.07. The van der Waals surface area contributed by atoms with Crippen LogP contribution < -0.4 is 11.1 Å². The van der Waals surface area contributed by atoms with E-state index < -0.39 is 0 Å². The van der Waals surface area contributed by atoms with Gasteiger partial charge in [-0.1, -0.05) is 37.1 Å². The molecule has 0 bridgehead atoms. The summed E-state index contributed by atoms with van der Waals surface area (Å²) in [4.78, 5) is 8.29. The lowest BCUT2D eigenvalue weighted by Crippen LogP contribution is -2.08. The fourth-order valence-corrected chi connectivity index (χ4v) is 2.12. The Labute approximate surface area is 118 Å². The average Bonchev–Trinajstić information content (AvgIpc) is 2.40. The number of anilines is 2. The van der Waals surface area contributed by atoms with E-state index in [1.54, 1.807) is 0 Å². The van der Waals surface area contributed by atoms with Crippen molar-refractivity contribution < 1.29 is 0 Å². The van der Waals surface area contributed by atoms with Gasteiger partial charge in [0.1, 0.15) is 18.0 Å². The summed E-state index contributed by atoms with van der Waals surface area (Å²) in [6, 6.07) is 7.73. The number of aromatic nitrogens is 2. The second kappa shape index (κ2) is 6.38. The van der Waals surface area contributed by atoms with Gasteiger partial charge in [0.2, 0.25) is 0 Å². The number of hydrogen-bond donors (Lipinski definition) is 2. The molecule has 1 heterocycles. The van der Waals surface area contributed by atoms with E-state index in [0.717, 1.165) is 34.8 Å². The number of nitrogens with zero attached hydrogens (tertiary/aromatic N) is 2. The molecule has 2 rings (SSSR count). The van der Waals surface area contributed by atoms with Crippen molar-refractivity contribution >= 4 is 23.2 Å². The molecule has 3 N–H and O–H groups in total. The molecule has 100 valence electrons. The van der Waals surface area contributed by atoms with Crippen molar-refractivity contribution in [2.45, 2.75) is 26.3 Å². The fourth-order valence-electron chi connectivity index (χ4n) is 1.91. The Hall–Kier alpha value is -1.81. The Kier molecular flexibility index (Phi) is 4.58. The molecule has 1 aromatic carbocycles. The van der Waals surface area contributed by atoms with Gasteiger partial charge >= 0.3 is 0 Å². The van der Waals surface area contributed by atoms with Crippen molar-refractivity contribution in [2.24, 2.45) is 0 Å². The highest BCUT2D eigenvalue weighted by molar-refractivity contribution is 6.30. The number of nitrogen functional groups attached to an aromatic ring is 1. The largest absolute Gasteiger partial charge is 0.383 e.